The first kappa shape index (κ1) is 13.7. The molecule has 120 valence electrons. The van der Waals surface area contributed by atoms with Crippen LogP contribution in [0.25, 0.3) is 15.9 Å². The zero-order chi connectivity index (χ0) is 15.4. The highest BCUT2D eigenvalue weighted by molar-refractivity contribution is 7.19. The summed E-state index contributed by atoms with van der Waals surface area (Å²) in [6, 6.07) is 0. The lowest BCUT2D eigenvalue weighted by Crippen LogP contribution is -2.38. The number of rotatable bonds is 1. The van der Waals surface area contributed by atoms with Gasteiger partial charge in [0.15, 0.2) is 5.65 Å². The zero-order valence-electron chi connectivity index (χ0n) is 13.2. The Balaban J connectivity index is 1.79. The third-order valence-electron chi connectivity index (χ3n) is 4.99. The molecule has 1 atom stereocenters. The van der Waals surface area contributed by atoms with E-state index in [2.05, 4.69) is 21.9 Å². The molecule has 0 spiro atoms. The van der Waals surface area contributed by atoms with E-state index in [1.54, 1.807) is 6.33 Å². The molecule has 0 amide bonds. The van der Waals surface area contributed by atoms with Crippen LogP contribution in [0.1, 0.15) is 36.1 Å². The van der Waals surface area contributed by atoms with Gasteiger partial charge in [0.05, 0.1) is 18.6 Å². The van der Waals surface area contributed by atoms with E-state index in [0.29, 0.717) is 5.92 Å². The van der Waals surface area contributed by atoms with Crippen LogP contribution in [-0.4, -0.2) is 45.9 Å². The number of ether oxygens (including phenoxy) is 1. The van der Waals surface area contributed by atoms with Crippen molar-refractivity contribution < 1.29 is 4.74 Å². The molecule has 23 heavy (non-hydrogen) atoms. The second kappa shape index (κ2) is 5.14. The molecule has 1 unspecified atom stereocenters. The SMILES string of the molecule is CC1CCCc2sc3nc(N4CCOCC4)n4ncnc4c3c21. The molecule has 0 bridgehead atoms. The highest BCUT2D eigenvalue weighted by atomic mass is 32.1. The van der Waals surface area contributed by atoms with Crippen molar-refractivity contribution in [3.8, 4) is 0 Å². The first-order chi connectivity index (χ1) is 11.3. The van der Waals surface area contributed by atoms with Crippen molar-refractivity contribution in [2.75, 3.05) is 31.2 Å². The van der Waals surface area contributed by atoms with Crippen molar-refractivity contribution in [3.63, 3.8) is 0 Å². The predicted octanol–water partition coefficient (Wildman–Crippen LogP) is 2.62. The maximum Gasteiger partial charge on any atom is 0.230 e. The maximum absolute atomic E-state index is 5.47. The van der Waals surface area contributed by atoms with E-state index in [4.69, 9.17) is 9.72 Å². The molecular formula is C16H19N5OS. The van der Waals surface area contributed by atoms with Crippen molar-refractivity contribution in [1.29, 1.82) is 0 Å². The van der Waals surface area contributed by atoms with Gasteiger partial charge in [-0.2, -0.15) is 9.61 Å². The van der Waals surface area contributed by atoms with E-state index in [1.165, 1.54) is 35.1 Å². The number of hydrogen-bond acceptors (Lipinski definition) is 6. The van der Waals surface area contributed by atoms with Gasteiger partial charge in [-0.05, 0) is 30.7 Å². The Hall–Kier alpha value is -1.73. The first-order valence-electron chi connectivity index (χ1n) is 8.30. The lowest BCUT2D eigenvalue weighted by Gasteiger charge is -2.27. The van der Waals surface area contributed by atoms with Crippen LogP contribution < -0.4 is 4.90 Å². The monoisotopic (exact) mass is 329 g/mol. The molecule has 1 aliphatic carbocycles. The minimum absolute atomic E-state index is 0.587. The molecule has 1 aliphatic heterocycles. The summed E-state index contributed by atoms with van der Waals surface area (Å²) in [5.41, 5.74) is 2.43. The third kappa shape index (κ3) is 1.99. The van der Waals surface area contributed by atoms with E-state index >= 15 is 0 Å². The normalized spacial score (nSPS) is 22.0. The summed E-state index contributed by atoms with van der Waals surface area (Å²) >= 11 is 1.85. The molecule has 0 radical (unpaired) electrons. The first-order valence-corrected chi connectivity index (χ1v) is 9.12. The molecule has 4 heterocycles. The van der Waals surface area contributed by atoms with Gasteiger partial charge in [0, 0.05) is 18.0 Å². The third-order valence-corrected chi connectivity index (χ3v) is 6.15. The number of aromatic nitrogens is 4. The second-order valence-corrected chi connectivity index (χ2v) is 7.50. The van der Waals surface area contributed by atoms with Crippen molar-refractivity contribution in [2.24, 2.45) is 0 Å². The van der Waals surface area contributed by atoms with Crippen LogP contribution in [0.3, 0.4) is 0 Å². The van der Waals surface area contributed by atoms with E-state index in [9.17, 15) is 0 Å². The number of aryl methyl sites for hydroxylation is 1. The minimum Gasteiger partial charge on any atom is -0.378 e. The van der Waals surface area contributed by atoms with Gasteiger partial charge in [-0.25, -0.2) is 9.97 Å². The van der Waals surface area contributed by atoms with Crippen molar-refractivity contribution >= 4 is 33.1 Å². The average Bonchev–Trinajstić information content (AvgIpc) is 3.19. The largest absolute Gasteiger partial charge is 0.378 e. The molecule has 3 aromatic heterocycles. The molecule has 3 aromatic rings. The number of hydrogen-bond donors (Lipinski definition) is 0. The van der Waals surface area contributed by atoms with Crippen LogP contribution in [0.5, 0.6) is 0 Å². The Morgan fingerprint density at radius 2 is 2.17 bits per heavy atom. The highest BCUT2D eigenvalue weighted by Gasteiger charge is 2.27. The minimum atomic E-state index is 0.587. The van der Waals surface area contributed by atoms with Gasteiger partial charge in [-0.3, -0.25) is 0 Å². The zero-order valence-corrected chi connectivity index (χ0v) is 14.0. The van der Waals surface area contributed by atoms with E-state index in [1.807, 2.05) is 15.9 Å². The maximum atomic E-state index is 5.47. The molecule has 0 N–H and O–H groups in total. The Morgan fingerprint density at radius 3 is 3.04 bits per heavy atom. The molecule has 2 aliphatic rings. The second-order valence-electron chi connectivity index (χ2n) is 6.42. The quantitative estimate of drug-likeness (QED) is 0.687. The van der Waals surface area contributed by atoms with Gasteiger partial charge in [-0.1, -0.05) is 6.92 Å². The Kier molecular flexibility index (Phi) is 3.06. The predicted molar refractivity (Wildman–Crippen MR) is 90.6 cm³/mol. The number of fused-ring (bicyclic) bond motifs is 5. The van der Waals surface area contributed by atoms with Gasteiger partial charge < -0.3 is 9.64 Å². The van der Waals surface area contributed by atoms with Gasteiger partial charge >= 0.3 is 0 Å². The van der Waals surface area contributed by atoms with Gasteiger partial charge in [-0.15, -0.1) is 11.3 Å². The molecule has 6 nitrogen and oxygen atoms in total. The topological polar surface area (TPSA) is 55.6 Å². The molecule has 7 heteroatoms. The van der Waals surface area contributed by atoms with Crippen molar-refractivity contribution in [1.82, 2.24) is 19.6 Å². The van der Waals surface area contributed by atoms with Crippen LogP contribution in [0, 0.1) is 0 Å². The lowest BCUT2D eigenvalue weighted by atomic mass is 9.87. The molecule has 5 rings (SSSR count). The summed E-state index contributed by atoms with van der Waals surface area (Å²) in [6.45, 7) is 5.53. The van der Waals surface area contributed by atoms with Crippen LogP contribution >= 0.6 is 11.3 Å². The van der Waals surface area contributed by atoms with Gasteiger partial charge in [0.1, 0.15) is 11.2 Å². The van der Waals surface area contributed by atoms with Crippen molar-refractivity contribution in [2.45, 2.75) is 32.1 Å². The molecule has 1 fully saturated rings. The molecule has 0 aromatic carbocycles. The number of anilines is 1. The van der Waals surface area contributed by atoms with Crippen molar-refractivity contribution in [3.05, 3.63) is 16.8 Å². The average molecular weight is 329 g/mol. The fourth-order valence-corrected chi connectivity index (χ4v) is 5.18. The Morgan fingerprint density at radius 1 is 1.30 bits per heavy atom. The summed E-state index contributed by atoms with van der Waals surface area (Å²) in [5, 5.41) is 5.69. The fourth-order valence-electron chi connectivity index (χ4n) is 3.86. The van der Waals surface area contributed by atoms with Gasteiger partial charge in [0.2, 0.25) is 5.95 Å². The number of thiophene rings is 1. The Bertz CT molecular complexity index is 879. The fraction of sp³-hybridized carbons (Fsp3) is 0.562. The highest BCUT2D eigenvalue weighted by Crippen LogP contribution is 2.43. The van der Waals surface area contributed by atoms with E-state index in [0.717, 1.165) is 42.7 Å². The summed E-state index contributed by atoms with van der Waals surface area (Å²) in [5.74, 6) is 1.49. The lowest BCUT2D eigenvalue weighted by molar-refractivity contribution is 0.122. The van der Waals surface area contributed by atoms with E-state index < -0.39 is 0 Å². The smallest absolute Gasteiger partial charge is 0.230 e. The van der Waals surface area contributed by atoms with Gasteiger partial charge in [0.25, 0.3) is 0 Å². The summed E-state index contributed by atoms with van der Waals surface area (Å²) in [7, 11) is 0. The molecule has 0 saturated carbocycles. The molecule has 1 saturated heterocycles. The Labute approximate surface area is 138 Å². The number of nitrogens with zero attached hydrogens (tertiary/aromatic N) is 5. The van der Waals surface area contributed by atoms with Crippen LogP contribution in [0.15, 0.2) is 6.33 Å². The summed E-state index contributed by atoms with van der Waals surface area (Å²) < 4.78 is 7.39. The standard InChI is InChI=1S/C16H19N5OS/c1-10-3-2-4-11-12(10)13-14-17-9-18-21(14)16(19-15(13)23-11)20-5-7-22-8-6-20/h9-10H,2-8H2,1H3. The van der Waals surface area contributed by atoms with E-state index in [-0.39, 0.29) is 0 Å². The van der Waals surface area contributed by atoms with Crippen LogP contribution in [0.2, 0.25) is 0 Å². The summed E-state index contributed by atoms with van der Waals surface area (Å²) in [4.78, 5) is 14.4. The summed E-state index contributed by atoms with van der Waals surface area (Å²) in [6.07, 6.45) is 5.36. The van der Waals surface area contributed by atoms with Crippen LogP contribution in [0.4, 0.5) is 5.95 Å². The molecular weight excluding hydrogens is 310 g/mol. The van der Waals surface area contributed by atoms with Crippen LogP contribution in [-0.2, 0) is 11.2 Å². The number of morpholine rings is 1.